The van der Waals surface area contributed by atoms with Crippen LogP contribution in [0.4, 0.5) is 0 Å². The van der Waals surface area contributed by atoms with Crippen molar-refractivity contribution in [3.63, 3.8) is 0 Å². The molecule has 3 aliphatic carbocycles. The molecule has 6 atom stereocenters. The maximum Gasteiger partial charge on any atom is 0.307 e. The van der Waals surface area contributed by atoms with Crippen molar-refractivity contribution in [1.29, 1.82) is 0 Å². The number of phenolic OH excluding ortho intramolecular Hbond substituents is 1. The fourth-order valence-corrected chi connectivity index (χ4v) is 6.42. The van der Waals surface area contributed by atoms with Gasteiger partial charge in [-0.3, -0.25) is 14.4 Å². The third-order valence-electron chi connectivity index (χ3n) is 7.56. The van der Waals surface area contributed by atoms with E-state index in [0.29, 0.717) is 12.0 Å². The molecule has 8 nitrogen and oxygen atoms in total. The number of carbonyl (C=O) groups is 3. The number of ether oxygens (including phenoxy) is 3. The van der Waals surface area contributed by atoms with Crippen LogP contribution in [0.15, 0.2) is 29.8 Å². The third kappa shape index (κ3) is 1.71. The number of fused-ring (bicyclic) bond motifs is 1. The Morgan fingerprint density at radius 1 is 1.33 bits per heavy atom. The molecule has 2 saturated heterocycles. The molecule has 0 amide bonds. The molecule has 6 aliphatic rings. The van der Waals surface area contributed by atoms with Crippen molar-refractivity contribution >= 4 is 17.5 Å². The van der Waals surface area contributed by atoms with Crippen LogP contribution in [0.3, 0.4) is 0 Å². The minimum absolute atomic E-state index is 0.0813. The van der Waals surface area contributed by atoms with Crippen molar-refractivity contribution in [1.82, 2.24) is 0 Å². The van der Waals surface area contributed by atoms with Gasteiger partial charge in [0.1, 0.15) is 23.2 Å². The highest BCUT2D eigenvalue weighted by Crippen LogP contribution is 2.74. The number of benzene rings is 1. The number of ketones is 2. The number of Topliss-reactive ketones (excluding diaryl/α,β-unsaturated/α-hetero) is 2. The maximum absolute atomic E-state index is 13.6. The van der Waals surface area contributed by atoms with Gasteiger partial charge in [-0.05, 0) is 25.5 Å². The van der Waals surface area contributed by atoms with E-state index in [2.05, 4.69) is 0 Å². The van der Waals surface area contributed by atoms with Crippen LogP contribution in [0, 0.1) is 11.8 Å². The number of carbonyl (C=O) groups excluding carboxylic acids is 2. The van der Waals surface area contributed by atoms with Gasteiger partial charge in [0.25, 0.3) is 0 Å². The van der Waals surface area contributed by atoms with Gasteiger partial charge in [-0.25, -0.2) is 0 Å². The summed E-state index contributed by atoms with van der Waals surface area (Å²) in [6.07, 6.45) is 1.59. The van der Waals surface area contributed by atoms with Gasteiger partial charge < -0.3 is 24.4 Å². The van der Waals surface area contributed by atoms with E-state index in [4.69, 9.17) is 19.3 Å². The smallest absolute Gasteiger partial charge is 0.307 e. The first-order valence-corrected chi connectivity index (χ1v) is 10.1. The largest absolute Gasteiger partial charge is 0.507 e. The van der Waals surface area contributed by atoms with Gasteiger partial charge in [0.15, 0.2) is 17.0 Å². The molecule has 1 aromatic rings. The van der Waals surface area contributed by atoms with E-state index in [0.717, 1.165) is 0 Å². The lowest BCUT2D eigenvalue weighted by atomic mass is 9.48. The Bertz CT molecular complexity index is 1070. The van der Waals surface area contributed by atoms with Gasteiger partial charge in [-0.2, -0.15) is 0 Å². The van der Waals surface area contributed by atoms with Crippen LogP contribution in [0.1, 0.15) is 36.5 Å². The summed E-state index contributed by atoms with van der Waals surface area (Å²) in [5, 5.41) is 19.4. The Morgan fingerprint density at radius 2 is 2.13 bits per heavy atom. The molecule has 2 N–H and O–H groups in total. The highest BCUT2D eigenvalue weighted by molar-refractivity contribution is 6.14. The second-order valence-corrected chi connectivity index (χ2v) is 8.96. The van der Waals surface area contributed by atoms with Crippen LogP contribution in [0.25, 0.3) is 0 Å². The van der Waals surface area contributed by atoms with E-state index in [1.165, 1.54) is 6.07 Å². The fraction of sp³-hybridized carbons (Fsp3) is 0.500. The zero-order valence-electron chi connectivity index (χ0n) is 16.2. The van der Waals surface area contributed by atoms with E-state index in [9.17, 15) is 19.5 Å². The predicted molar refractivity (Wildman–Crippen MR) is 99.3 cm³/mol. The van der Waals surface area contributed by atoms with Crippen LogP contribution in [0.2, 0.25) is 0 Å². The number of epoxide rings is 1. The molecule has 7 rings (SSSR count). The van der Waals surface area contributed by atoms with E-state index in [1.807, 2.05) is 0 Å². The molecule has 0 radical (unpaired) electrons. The van der Waals surface area contributed by atoms with Crippen molar-refractivity contribution in [2.45, 2.75) is 49.1 Å². The molecule has 6 unspecified atom stereocenters. The Labute approximate surface area is 171 Å². The van der Waals surface area contributed by atoms with Gasteiger partial charge >= 0.3 is 5.97 Å². The SMILES string of the molecule is C/C(=C\CC12OCC3CC(C1=O)C1OC14C(=O)c1c(O)cccc1OC324)CC(=O)O. The Morgan fingerprint density at radius 3 is 2.90 bits per heavy atom. The molecule has 4 bridgehead atoms. The molecule has 3 saturated carbocycles. The number of carboxylic acids is 1. The molecule has 1 aromatic carbocycles. The van der Waals surface area contributed by atoms with E-state index >= 15 is 0 Å². The average molecular weight is 412 g/mol. The number of rotatable bonds is 4. The second kappa shape index (κ2) is 5.31. The van der Waals surface area contributed by atoms with Crippen molar-refractivity contribution in [2.75, 3.05) is 6.61 Å². The molecule has 2 spiro atoms. The van der Waals surface area contributed by atoms with Crippen LogP contribution in [-0.4, -0.2) is 57.3 Å². The first-order valence-electron chi connectivity index (χ1n) is 10.1. The summed E-state index contributed by atoms with van der Waals surface area (Å²) in [6, 6.07) is 4.62. The van der Waals surface area contributed by atoms with Gasteiger partial charge in [0.05, 0.1) is 18.9 Å². The lowest BCUT2D eigenvalue weighted by Gasteiger charge is -2.57. The molecular weight excluding hydrogens is 392 g/mol. The monoisotopic (exact) mass is 412 g/mol. The molecule has 3 heterocycles. The van der Waals surface area contributed by atoms with E-state index in [-0.39, 0.29) is 54.0 Å². The first-order chi connectivity index (χ1) is 14.3. The Hall–Kier alpha value is -2.71. The molecular formula is C22H20O8. The van der Waals surface area contributed by atoms with E-state index in [1.54, 1.807) is 25.1 Å². The van der Waals surface area contributed by atoms with Crippen molar-refractivity contribution < 1.29 is 38.8 Å². The fourth-order valence-electron chi connectivity index (χ4n) is 6.42. The summed E-state index contributed by atoms with van der Waals surface area (Å²) in [6.45, 7) is 1.94. The molecule has 0 aromatic heterocycles. The van der Waals surface area contributed by atoms with Crippen molar-refractivity contribution in [2.24, 2.45) is 11.8 Å². The predicted octanol–water partition coefficient (Wildman–Crippen LogP) is 1.64. The van der Waals surface area contributed by atoms with Crippen molar-refractivity contribution in [3.8, 4) is 11.5 Å². The summed E-state index contributed by atoms with van der Waals surface area (Å²) < 4.78 is 18.7. The van der Waals surface area contributed by atoms with Gasteiger partial charge in [0.2, 0.25) is 11.4 Å². The van der Waals surface area contributed by atoms with Gasteiger partial charge in [-0.15, -0.1) is 0 Å². The minimum Gasteiger partial charge on any atom is -0.507 e. The number of aliphatic carboxylic acids is 1. The summed E-state index contributed by atoms with van der Waals surface area (Å²) >= 11 is 0. The topological polar surface area (TPSA) is 123 Å². The highest BCUT2D eigenvalue weighted by Gasteiger charge is 2.95. The normalized spacial score (nSPS) is 42.3. The maximum atomic E-state index is 13.6. The van der Waals surface area contributed by atoms with E-state index < -0.39 is 34.8 Å². The van der Waals surface area contributed by atoms with Gasteiger partial charge in [0, 0.05) is 12.3 Å². The zero-order valence-corrected chi connectivity index (χ0v) is 16.2. The van der Waals surface area contributed by atoms with Crippen molar-refractivity contribution in [3.05, 3.63) is 35.4 Å². The quantitative estimate of drug-likeness (QED) is 0.565. The summed E-state index contributed by atoms with van der Waals surface area (Å²) in [7, 11) is 0. The zero-order chi connectivity index (χ0) is 21.1. The lowest BCUT2D eigenvalue weighted by molar-refractivity contribution is -0.188. The van der Waals surface area contributed by atoms with Gasteiger partial charge in [-0.1, -0.05) is 17.7 Å². The summed E-state index contributed by atoms with van der Waals surface area (Å²) in [5.74, 6) is -2.13. The second-order valence-electron chi connectivity index (χ2n) is 8.96. The first kappa shape index (κ1) is 18.1. The molecule has 8 heteroatoms. The Balaban J connectivity index is 1.54. The standard InChI is InChI=1S/C22H20O8/c1-10(7-15(24)25)5-6-20-17(26)12-8-11(9-28-20)22(20)21(19(12)30-21)18(27)16-13(23)3-2-4-14(16)29-22/h2-5,11-12,19,23H,6-9H2,1H3,(H,24,25)/b10-5+. The number of hydrogen-bond donors (Lipinski definition) is 2. The molecule has 3 aliphatic heterocycles. The van der Waals surface area contributed by atoms with Crippen LogP contribution in [0.5, 0.6) is 11.5 Å². The highest BCUT2D eigenvalue weighted by atomic mass is 16.7. The summed E-state index contributed by atoms with van der Waals surface area (Å²) in [4.78, 5) is 38.3. The molecule has 156 valence electrons. The number of hydrogen-bond acceptors (Lipinski definition) is 7. The molecule has 5 fully saturated rings. The summed E-state index contributed by atoms with van der Waals surface area (Å²) in [5.41, 5.74) is -3.43. The minimum atomic E-state index is -1.42. The Kier molecular flexibility index (Phi) is 3.20. The van der Waals surface area contributed by atoms with Crippen LogP contribution >= 0.6 is 0 Å². The third-order valence-corrected chi connectivity index (χ3v) is 7.56. The average Bonchev–Trinajstić information content (AvgIpc) is 3.40. The van der Waals surface area contributed by atoms with Crippen LogP contribution in [-0.2, 0) is 19.1 Å². The lowest BCUT2D eigenvalue weighted by Crippen LogP contribution is -2.80. The number of aromatic hydroxyl groups is 1. The number of carboxylic acid groups (broad SMARTS) is 1. The van der Waals surface area contributed by atoms with Crippen LogP contribution < -0.4 is 4.74 Å². The molecule has 30 heavy (non-hydrogen) atoms. The number of phenols is 1.